The number of nitrogens with zero attached hydrogens (tertiary/aromatic N) is 1. The molecule has 0 aliphatic heterocycles. The van der Waals surface area contributed by atoms with Crippen molar-refractivity contribution < 1.29 is 0 Å². The Morgan fingerprint density at radius 1 is 1.30 bits per heavy atom. The van der Waals surface area contributed by atoms with Crippen molar-refractivity contribution in [1.29, 1.82) is 0 Å². The normalized spacial score (nSPS) is 17.9. The summed E-state index contributed by atoms with van der Waals surface area (Å²) in [4.78, 5) is 5.76. The Morgan fingerprint density at radius 3 is 2.80 bits per heavy atom. The van der Waals surface area contributed by atoms with Crippen molar-refractivity contribution in [2.24, 2.45) is 0 Å². The van der Waals surface area contributed by atoms with Crippen LogP contribution in [0.25, 0.3) is 0 Å². The van der Waals surface area contributed by atoms with Gasteiger partial charge in [0.2, 0.25) is 0 Å². The number of nitrogen functional groups attached to an aromatic ring is 1. The topological polar surface area (TPSA) is 50.9 Å². The Balaban J connectivity index is 1.56. The van der Waals surface area contributed by atoms with Gasteiger partial charge in [-0.2, -0.15) is 0 Å². The smallest absolute Gasteiger partial charge is 0.180 e. The highest BCUT2D eigenvalue weighted by Crippen LogP contribution is 2.28. The molecule has 1 atom stereocenters. The lowest BCUT2D eigenvalue weighted by Crippen LogP contribution is -2.33. The monoisotopic (exact) mass is 287 g/mol. The summed E-state index contributed by atoms with van der Waals surface area (Å²) in [7, 11) is 0. The van der Waals surface area contributed by atoms with E-state index in [0.717, 1.165) is 32.2 Å². The molecule has 0 bridgehead atoms. The van der Waals surface area contributed by atoms with Crippen LogP contribution in [0.4, 0.5) is 5.13 Å². The van der Waals surface area contributed by atoms with Crippen LogP contribution in [-0.4, -0.2) is 11.0 Å². The first-order chi connectivity index (χ1) is 9.74. The van der Waals surface area contributed by atoms with Crippen LogP contribution in [0.5, 0.6) is 0 Å². The van der Waals surface area contributed by atoms with Crippen molar-refractivity contribution in [1.82, 2.24) is 10.3 Å². The molecule has 1 aromatic heterocycles. The number of hydrogen-bond donors (Lipinski definition) is 2. The molecule has 3 nitrogen and oxygen atoms in total. The van der Waals surface area contributed by atoms with Crippen molar-refractivity contribution >= 4 is 16.5 Å². The van der Waals surface area contributed by atoms with Crippen molar-refractivity contribution in [3.63, 3.8) is 0 Å². The maximum atomic E-state index is 5.78. The third-order valence-corrected chi connectivity index (χ3v) is 4.93. The van der Waals surface area contributed by atoms with E-state index in [2.05, 4.69) is 41.5 Å². The van der Waals surface area contributed by atoms with Crippen LogP contribution in [0.3, 0.4) is 0 Å². The molecule has 3 rings (SSSR count). The van der Waals surface area contributed by atoms with Gasteiger partial charge >= 0.3 is 0 Å². The van der Waals surface area contributed by atoms with Crippen LogP contribution >= 0.6 is 11.3 Å². The van der Waals surface area contributed by atoms with E-state index in [-0.39, 0.29) is 0 Å². The maximum absolute atomic E-state index is 5.78. The number of nitrogens with one attached hydrogen (secondary N) is 1. The molecule has 1 aliphatic carbocycles. The molecule has 0 saturated carbocycles. The van der Waals surface area contributed by atoms with Gasteiger partial charge in [0, 0.05) is 17.5 Å². The molecule has 0 amide bonds. The highest BCUT2D eigenvalue weighted by Gasteiger charge is 2.21. The number of hydrogen-bond acceptors (Lipinski definition) is 4. The predicted octanol–water partition coefficient (Wildman–Crippen LogP) is 2.93. The van der Waals surface area contributed by atoms with Crippen LogP contribution in [0, 0.1) is 0 Å². The highest BCUT2D eigenvalue weighted by atomic mass is 32.1. The third-order valence-electron chi connectivity index (χ3n) is 3.98. The quantitative estimate of drug-likeness (QED) is 0.909. The van der Waals surface area contributed by atoms with Gasteiger partial charge in [-0.15, -0.1) is 11.3 Å². The average Bonchev–Trinajstić information content (AvgIpc) is 2.85. The molecule has 1 unspecified atom stereocenters. The lowest BCUT2D eigenvalue weighted by molar-refractivity contribution is 0.458. The number of aryl methyl sites for hydroxylation is 2. The molecule has 0 fully saturated rings. The number of anilines is 1. The van der Waals surface area contributed by atoms with E-state index in [4.69, 9.17) is 5.73 Å². The second-order valence-corrected chi connectivity index (χ2v) is 6.53. The Morgan fingerprint density at radius 2 is 2.05 bits per heavy atom. The first kappa shape index (κ1) is 13.6. The number of thiazole rings is 1. The van der Waals surface area contributed by atoms with E-state index < -0.39 is 0 Å². The van der Waals surface area contributed by atoms with E-state index in [1.165, 1.54) is 21.7 Å². The molecule has 0 spiro atoms. The number of nitrogens with two attached hydrogens (primary N) is 1. The molecule has 0 radical (unpaired) electrons. The lowest BCUT2D eigenvalue weighted by atomic mass is 9.97. The zero-order valence-electron chi connectivity index (χ0n) is 11.9. The fraction of sp³-hybridized carbons (Fsp3) is 0.438. The Bertz CT molecular complexity index is 574. The Labute approximate surface area is 124 Å². The second kappa shape index (κ2) is 5.94. The fourth-order valence-electron chi connectivity index (χ4n) is 2.72. The number of fused-ring (bicyclic) bond motifs is 1. The van der Waals surface area contributed by atoms with Crippen LogP contribution in [0.1, 0.15) is 35.0 Å². The summed E-state index contributed by atoms with van der Waals surface area (Å²) in [5, 5.41) is 4.38. The van der Waals surface area contributed by atoms with Gasteiger partial charge in [0.25, 0.3) is 0 Å². The second-order valence-electron chi connectivity index (χ2n) is 5.41. The highest BCUT2D eigenvalue weighted by molar-refractivity contribution is 7.15. The molecule has 1 aliphatic rings. The molecule has 20 heavy (non-hydrogen) atoms. The molecule has 0 saturated heterocycles. The average molecular weight is 287 g/mol. The number of benzene rings is 1. The first-order valence-electron chi connectivity index (χ1n) is 7.30. The van der Waals surface area contributed by atoms with E-state index in [1.807, 2.05) is 0 Å². The predicted molar refractivity (Wildman–Crippen MR) is 85.0 cm³/mol. The Kier molecular flexibility index (Phi) is 4.03. The summed E-state index contributed by atoms with van der Waals surface area (Å²) in [6.45, 7) is 3.13. The van der Waals surface area contributed by atoms with Crippen molar-refractivity contribution in [3.8, 4) is 0 Å². The molecule has 2 aromatic rings. The van der Waals surface area contributed by atoms with E-state index >= 15 is 0 Å². The van der Waals surface area contributed by atoms with E-state index in [9.17, 15) is 0 Å². The van der Waals surface area contributed by atoms with Gasteiger partial charge in [-0.1, -0.05) is 31.2 Å². The van der Waals surface area contributed by atoms with Gasteiger partial charge in [0.05, 0.1) is 5.69 Å². The molecule has 3 N–H and O–H groups in total. The molecule has 1 aromatic carbocycles. The summed E-state index contributed by atoms with van der Waals surface area (Å²) in [6.07, 6.45) is 4.38. The lowest BCUT2D eigenvalue weighted by Gasteiger charge is -2.22. The van der Waals surface area contributed by atoms with E-state index in [0.29, 0.717) is 11.2 Å². The maximum Gasteiger partial charge on any atom is 0.180 e. The molecular formula is C16H21N3S. The zero-order valence-corrected chi connectivity index (χ0v) is 12.7. The minimum atomic E-state index is 0.549. The summed E-state index contributed by atoms with van der Waals surface area (Å²) in [6, 6.07) is 9.45. The zero-order chi connectivity index (χ0) is 13.9. The Hall–Kier alpha value is -1.39. The van der Waals surface area contributed by atoms with E-state index in [1.54, 1.807) is 11.3 Å². The number of rotatable bonds is 4. The number of aromatic nitrogens is 1. The molecular weight excluding hydrogens is 266 g/mol. The van der Waals surface area contributed by atoms with Gasteiger partial charge < -0.3 is 11.1 Å². The van der Waals surface area contributed by atoms with Crippen molar-refractivity contribution in [3.05, 3.63) is 46.0 Å². The summed E-state index contributed by atoms with van der Waals surface area (Å²) in [5.74, 6) is 0. The van der Waals surface area contributed by atoms with Gasteiger partial charge in [-0.05, 0) is 36.8 Å². The van der Waals surface area contributed by atoms with Crippen LogP contribution in [-0.2, 0) is 25.8 Å². The first-order valence-corrected chi connectivity index (χ1v) is 8.11. The van der Waals surface area contributed by atoms with Gasteiger partial charge in [-0.3, -0.25) is 0 Å². The SMILES string of the molecule is CCc1ccc(CNC2CCc3nc(N)sc3C2)cc1. The van der Waals surface area contributed by atoms with Gasteiger partial charge in [-0.25, -0.2) is 4.98 Å². The third kappa shape index (κ3) is 3.02. The summed E-state index contributed by atoms with van der Waals surface area (Å²) >= 11 is 1.65. The molecule has 106 valence electrons. The van der Waals surface area contributed by atoms with Crippen molar-refractivity contribution in [2.45, 2.75) is 45.2 Å². The minimum absolute atomic E-state index is 0.549. The van der Waals surface area contributed by atoms with Crippen LogP contribution in [0.2, 0.25) is 0 Å². The largest absolute Gasteiger partial charge is 0.375 e. The summed E-state index contributed by atoms with van der Waals surface area (Å²) in [5.41, 5.74) is 9.76. The minimum Gasteiger partial charge on any atom is -0.375 e. The van der Waals surface area contributed by atoms with Crippen molar-refractivity contribution in [2.75, 3.05) is 5.73 Å². The van der Waals surface area contributed by atoms with Gasteiger partial charge in [0.15, 0.2) is 5.13 Å². The summed E-state index contributed by atoms with van der Waals surface area (Å²) < 4.78 is 0. The fourth-order valence-corrected chi connectivity index (χ4v) is 3.68. The standard InChI is InChI=1S/C16H21N3S/c1-2-11-3-5-12(6-4-11)10-18-13-7-8-14-15(9-13)20-16(17)19-14/h3-6,13,18H,2,7-10H2,1H3,(H2,17,19). The van der Waals surface area contributed by atoms with Crippen LogP contribution in [0.15, 0.2) is 24.3 Å². The molecule has 4 heteroatoms. The molecule has 1 heterocycles. The van der Waals surface area contributed by atoms with Gasteiger partial charge in [0.1, 0.15) is 0 Å². The van der Waals surface area contributed by atoms with Crippen LogP contribution < -0.4 is 11.1 Å².